The van der Waals surface area contributed by atoms with Crippen molar-refractivity contribution in [2.75, 3.05) is 4.90 Å². The molecule has 0 bridgehead atoms. The average Bonchev–Trinajstić information content (AvgIpc) is 3.20. The van der Waals surface area contributed by atoms with Crippen LogP contribution in [0.15, 0.2) is 197 Å². The van der Waals surface area contributed by atoms with Gasteiger partial charge in [0.1, 0.15) is 4.90 Å². The summed E-state index contributed by atoms with van der Waals surface area (Å²) < 4.78 is 71.9. The number of nitrogens with zero attached hydrogens (tertiary/aromatic N) is 2. The number of allylic oxidation sites excluding steroid dienone is 5. The fourth-order valence-corrected chi connectivity index (χ4v) is 8.45. The van der Waals surface area contributed by atoms with Gasteiger partial charge in [-0.05, 0) is 96.3 Å². The third kappa shape index (κ3) is 8.95. The quantitative estimate of drug-likeness (QED) is 0.0991. The second-order valence-corrected chi connectivity index (χ2v) is 16.6. The Hall–Kier alpha value is -6.17. The number of hydrogen-bond donors (Lipinski definition) is 2. The van der Waals surface area contributed by atoms with Gasteiger partial charge in [0.25, 0.3) is 20.2 Å². The van der Waals surface area contributed by atoms with E-state index in [1.54, 1.807) is 30.3 Å². The fourth-order valence-electron chi connectivity index (χ4n) is 7.20. The summed E-state index contributed by atoms with van der Waals surface area (Å²) in [7, 11) is -9.02. The van der Waals surface area contributed by atoms with Crippen LogP contribution in [0.2, 0.25) is 0 Å². The second kappa shape index (κ2) is 16.5. The van der Waals surface area contributed by atoms with Gasteiger partial charge in [-0.1, -0.05) is 103 Å². The number of hydrogen-bond acceptors (Lipinski definition) is 5. The molecule has 7 rings (SSSR count). The first kappa shape index (κ1) is 39.1. The predicted octanol–water partition coefficient (Wildman–Crippen LogP) is 10.1. The van der Waals surface area contributed by atoms with E-state index in [-0.39, 0.29) is 16.3 Å². The minimum absolute atomic E-state index is 0.190. The highest BCUT2D eigenvalue weighted by Gasteiger charge is 2.26. The van der Waals surface area contributed by atoms with E-state index in [2.05, 4.69) is 39.8 Å². The molecule has 1 aliphatic rings. The maximum atomic E-state index is 12.9. The van der Waals surface area contributed by atoms with Crippen molar-refractivity contribution in [1.82, 2.24) is 0 Å². The Labute approximate surface area is 334 Å². The fraction of sp³-hybridized carbons (Fsp3) is 0.0851. The van der Waals surface area contributed by atoms with Crippen LogP contribution in [-0.2, 0) is 33.3 Å². The van der Waals surface area contributed by atoms with E-state index in [1.807, 2.05) is 111 Å². The van der Waals surface area contributed by atoms with Crippen LogP contribution in [0.1, 0.15) is 34.7 Å². The molecule has 0 aliphatic heterocycles. The van der Waals surface area contributed by atoms with Crippen molar-refractivity contribution in [3.8, 4) is 0 Å². The Balaban J connectivity index is 1.39. The first-order valence-corrected chi connectivity index (χ1v) is 21.2. The van der Waals surface area contributed by atoms with Gasteiger partial charge in [-0.25, -0.2) is 0 Å². The summed E-state index contributed by atoms with van der Waals surface area (Å²) in [6, 6.07) is 48.8. The average molecular weight is 794 g/mol. The van der Waals surface area contributed by atoms with Crippen molar-refractivity contribution < 1.29 is 30.5 Å². The third-order valence-electron chi connectivity index (χ3n) is 9.84. The summed E-state index contributed by atoms with van der Waals surface area (Å²) in [6.07, 6.45) is 5.88. The third-order valence-corrected chi connectivity index (χ3v) is 11.6. The van der Waals surface area contributed by atoms with Crippen LogP contribution in [0.3, 0.4) is 0 Å². The summed E-state index contributed by atoms with van der Waals surface area (Å²) >= 11 is 0. The molecule has 57 heavy (non-hydrogen) atoms. The van der Waals surface area contributed by atoms with Gasteiger partial charge >= 0.3 is 0 Å². The molecule has 6 aromatic carbocycles. The van der Waals surface area contributed by atoms with Crippen LogP contribution in [0.25, 0.3) is 5.57 Å². The van der Waals surface area contributed by atoms with Crippen LogP contribution in [0, 0.1) is 6.92 Å². The maximum Gasteiger partial charge on any atom is 0.295 e. The zero-order valence-corrected chi connectivity index (χ0v) is 33.0. The smallest absolute Gasteiger partial charge is 0.295 e. The topological polar surface area (TPSA) is 115 Å². The molecule has 0 unspecified atom stereocenters. The lowest BCUT2D eigenvalue weighted by atomic mass is 9.88. The molecular weight excluding hydrogens is 753 g/mol. The Morgan fingerprint density at radius 3 is 1.91 bits per heavy atom. The molecule has 286 valence electrons. The molecule has 0 fully saturated rings. The van der Waals surface area contributed by atoms with E-state index in [4.69, 9.17) is 0 Å². The molecule has 8 nitrogen and oxygen atoms in total. The molecule has 10 heteroatoms. The molecule has 2 N–H and O–H groups in total. The Morgan fingerprint density at radius 1 is 0.632 bits per heavy atom. The Kier molecular flexibility index (Phi) is 11.3. The zero-order valence-electron chi connectivity index (χ0n) is 31.4. The van der Waals surface area contributed by atoms with Gasteiger partial charge in [-0.15, -0.1) is 0 Å². The Bertz CT molecular complexity index is 2800. The van der Waals surface area contributed by atoms with Crippen LogP contribution in [0.4, 0.5) is 17.1 Å². The van der Waals surface area contributed by atoms with Gasteiger partial charge in [-0.2, -0.15) is 21.4 Å². The lowest BCUT2D eigenvalue weighted by Gasteiger charge is -2.28. The highest BCUT2D eigenvalue weighted by atomic mass is 32.2. The molecule has 0 saturated heterocycles. The highest BCUT2D eigenvalue weighted by molar-refractivity contribution is 7.86. The summed E-state index contributed by atoms with van der Waals surface area (Å²) in [5, 5.41) is 0. The van der Waals surface area contributed by atoms with E-state index in [9.17, 15) is 25.9 Å². The number of aryl methyl sites for hydroxylation is 1. The van der Waals surface area contributed by atoms with Crippen LogP contribution < -0.4 is 4.90 Å². The van der Waals surface area contributed by atoms with Gasteiger partial charge in [0.05, 0.1) is 4.90 Å². The van der Waals surface area contributed by atoms with Gasteiger partial charge in [-0.3, -0.25) is 9.11 Å². The van der Waals surface area contributed by atoms with E-state index in [1.165, 1.54) is 18.2 Å². The standard InChI is InChI=1S/C47H40N2O6S2/c1-34-29-38(25-27-44(34)48(40-18-8-4-9-19-40)32-36-15-6-3-7-16-36)47(43-23-12-13-24-46(43)57(53,54)55)39-26-28-45(35(2)30-39)49(41-20-10-5-11-21-41)33-37-17-14-22-42(31-37)56(50,51)52/h3-31H,32-33H2,1-2H3,(H-,50,51,52,53,54,55)/p+1. The summed E-state index contributed by atoms with van der Waals surface area (Å²) in [5.74, 6) is 0. The highest BCUT2D eigenvalue weighted by Crippen LogP contribution is 2.38. The Morgan fingerprint density at radius 2 is 1.26 bits per heavy atom. The van der Waals surface area contributed by atoms with E-state index < -0.39 is 20.2 Å². The van der Waals surface area contributed by atoms with Crippen molar-refractivity contribution in [3.63, 3.8) is 0 Å². The number of benzene rings is 6. The molecule has 0 spiro atoms. The predicted molar refractivity (Wildman–Crippen MR) is 226 cm³/mol. The number of rotatable bonds is 11. The monoisotopic (exact) mass is 793 g/mol. The lowest BCUT2D eigenvalue weighted by Crippen LogP contribution is -2.19. The molecule has 1 aliphatic carbocycles. The summed E-state index contributed by atoms with van der Waals surface area (Å²) in [5.41, 5.74) is 9.78. The second-order valence-electron chi connectivity index (χ2n) is 13.8. The van der Waals surface area contributed by atoms with Crippen molar-refractivity contribution >= 4 is 48.6 Å². The maximum absolute atomic E-state index is 12.9. The molecule has 0 radical (unpaired) electrons. The van der Waals surface area contributed by atoms with Crippen LogP contribution >= 0.6 is 0 Å². The molecule has 0 saturated carbocycles. The largest absolute Gasteiger partial charge is 0.337 e. The lowest BCUT2D eigenvalue weighted by molar-refractivity contribution is -0.456. The molecule has 0 aromatic heterocycles. The molecule has 0 heterocycles. The molecule has 0 amide bonds. The summed E-state index contributed by atoms with van der Waals surface area (Å²) in [6.45, 7) is 4.92. The first-order valence-electron chi connectivity index (χ1n) is 18.3. The zero-order chi connectivity index (χ0) is 40.2. The molecule has 0 atom stereocenters. The van der Waals surface area contributed by atoms with Crippen molar-refractivity contribution in [2.24, 2.45) is 0 Å². The van der Waals surface area contributed by atoms with E-state index in [0.717, 1.165) is 50.6 Å². The van der Waals surface area contributed by atoms with Gasteiger partial charge < -0.3 is 4.90 Å². The SMILES string of the molecule is CC1=CC(=C(\c2ccc(N(Cc3ccccc3)c3ccccc3)c(C)c2)c2ccccc2S(=O)(=O)O)/C=CC/1=[N+](/Cc1cccc(S(=O)(=O)O)c1)c1ccccc1. The van der Waals surface area contributed by atoms with Crippen LogP contribution in [0.5, 0.6) is 0 Å². The van der Waals surface area contributed by atoms with Gasteiger partial charge in [0, 0.05) is 52.8 Å². The number of anilines is 2. The molecule has 6 aromatic rings. The van der Waals surface area contributed by atoms with Gasteiger partial charge in [0.15, 0.2) is 6.54 Å². The minimum atomic E-state index is -4.61. The van der Waals surface area contributed by atoms with Crippen LogP contribution in [-0.4, -0.2) is 36.2 Å². The van der Waals surface area contributed by atoms with E-state index in [0.29, 0.717) is 23.2 Å². The normalized spacial score (nSPS) is 14.8. The van der Waals surface area contributed by atoms with Gasteiger partial charge in [0.2, 0.25) is 11.4 Å². The van der Waals surface area contributed by atoms with E-state index >= 15 is 0 Å². The number of para-hydroxylation sites is 2. The van der Waals surface area contributed by atoms with Crippen molar-refractivity contribution in [1.29, 1.82) is 0 Å². The van der Waals surface area contributed by atoms with Crippen molar-refractivity contribution in [2.45, 2.75) is 36.7 Å². The van der Waals surface area contributed by atoms with Crippen molar-refractivity contribution in [3.05, 3.63) is 215 Å². The molecular formula is C47H41N2O6S2+. The first-order chi connectivity index (χ1) is 27.4. The minimum Gasteiger partial charge on any atom is -0.337 e. The summed E-state index contributed by atoms with van der Waals surface area (Å²) in [4.78, 5) is 1.86.